The molecule has 0 aromatic heterocycles. The van der Waals surface area contributed by atoms with Crippen LogP contribution in [0.2, 0.25) is 5.02 Å². The van der Waals surface area contributed by atoms with Crippen molar-refractivity contribution in [3.8, 4) is 0 Å². The van der Waals surface area contributed by atoms with Crippen LogP contribution in [0.15, 0.2) is 18.2 Å². The molecule has 2 unspecified atom stereocenters. The van der Waals surface area contributed by atoms with Gasteiger partial charge in [0.25, 0.3) is 0 Å². The standard InChI is InChI=1S/C15H21ClFN/c1-10-5-11(2)8-15(18,7-10)9-12-3-4-14(17)13(16)6-12/h3-4,6,10-11H,5,7-9,18H2,1-2H3. The van der Waals surface area contributed by atoms with Gasteiger partial charge in [0.05, 0.1) is 5.02 Å². The van der Waals surface area contributed by atoms with Crippen LogP contribution in [0.4, 0.5) is 4.39 Å². The summed E-state index contributed by atoms with van der Waals surface area (Å²) in [4.78, 5) is 0. The average Bonchev–Trinajstić information content (AvgIpc) is 2.21. The number of hydrogen-bond donors (Lipinski definition) is 1. The van der Waals surface area contributed by atoms with Crippen molar-refractivity contribution in [2.24, 2.45) is 17.6 Å². The second-order valence-corrected chi connectivity index (χ2v) is 6.55. The zero-order valence-corrected chi connectivity index (χ0v) is 11.8. The van der Waals surface area contributed by atoms with E-state index in [1.807, 2.05) is 0 Å². The van der Waals surface area contributed by atoms with Crippen LogP contribution >= 0.6 is 11.6 Å². The number of halogens is 2. The van der Waals surface area contributed by atoms with Gasteiger partial charge in [0.1, 0.15) is 5.82 Å². The van der Waals surface area contributed by atoms with Gasteiger partial charge in [0.15, 0.2) is 0 Å². The van der Waals surface area contributed by atoms with E-state index in [9.17, 15) is 4.39 Å². The SMILES string of the molecule is CC1CC(C)CC(N)(Cc2ccc(F)c(Cl)c2)C1. The topological polar surface area (TPSA) is 26.0 Å². The lowest BCUT2D eigenvalue weighted by molar-refractivity contribution is 0.182. The minimum atomic E-state index is -0.364. The highest BCUT2D eigenvalue weighted by molar-refractivity contribution is 6.30. The van der Waals surface area contributed by atoms with Gasteiger partial charge < -0.3 is 5.73 Å². The Balaban J connectivity index is 2.13. The van der Waals surface area contributed by atoms with Crippen LogP contribution in [-0.4, -0.2) is 5.54 Å². The van der Waals surface area contributed by atoms with Crippen LogP contribution in [0.3, 0.4) is 0 Å². The molecule has 0 spiro atoms. The van der Waals surface area contributed by atoms with Crippen molar-refractivity contribution >= 4 is 11.6 Å². The first-order valence-electron chi connectivity index (χ1n) is 6.61. The molecule has 1 aliphatic carbocycles. The van der Waals surface area contributed by atoms with Crippen molar-refractivity contribution in [2.75, 3.05) is 0 Å². The average molecular weight is 270 g/mol. The Labute approximate surface area is 114 Å². The Morgan fingerprint density at radius 3 is 2.50 bits per heavy atom. The molecular weight excluding hydrogens is 249 g/mol. The van der Waals surface area contributed by atoms with Crippen LogP contribution in [0, 0.1) is 17.7 Å². The fraction of sp³-hybridized carbons (Fsp3) is 0.600. The van der Waals surface area contributed by atoms with Crippen molar-refractivity contribution < 1.29 is 4.39 Å². The molecule has 0 aliphatic heterocycles. The minimum Gasteiger partial charge on any atom is -0.325 e. The second kappa shape index (κ2) is 5.18. The molecule has 0 bridgehead atoms. The van der Waals surface area contributed by atoms with E-state index in [2.05, 4.69) is 13.8 Å². The molecule has 0 amide bonds. The predicted molar refractivity (Wildman–Crippen MR) is 74.2 cm³/mol. The predicted octanol–water partition coefficient (Wildman–Crippen LogP) is 4.18. The van der Waals surface area contributed by atoms with Gasteiger partial charge in [-0.15, -0.1) is 0 Å². The summed E-state index contributed by atoms with van der Waals surface area (Å²) in [6.45, 7) is 4.52. The van der Waals surface area contributed by atoms with E-state index in [1.54, 1.807) is 12.1 Å². The Bertz CT molecular complexity index is 423. The molecule has 3 heteroatoms. The molecule has 18 heavy (non-hydrogen) atoms. The summed E-state index contributed by atoms with van der Waals surface area (Å²) >= 11 is 5.82. The number of benzene rings is 1. The lowest BCUT2D eigenvalue weighted by Gasteiger charge is -2.40. The Morgan fingerprint density at radius 2 is 1.94 bits per heavy atom. The summed E-state index contributed by atoms with van der Waals surface area (Å²) in [6, 6.07) is 4.92. The lowest BCUT2D eigenvalue weighted by Crippen LogP contribution is -2.48. The van der Waals surface area contributed by atoms with Gasteiger partial charge in [0.2, 0.25) is 0 Å². The van der Waals surface area contributed by atoms with Crippen LogP contribution in [-0.2, 0) is 6.42 Å². The highest BCUT2D eigenvalue weighted by Crippen LogP contribution is 2.36. The van der Waals surface area contributed by atoms with Crippen LogP contribution in [0.5, 0.6) is 0 Å². The first-order valence-corrected chi connectivity index (χ1v) is 6.98. The van der Waals surface area contributed by atoms with Crippen molar-refractivity contribution in [1.29, 1.82) is 0 Å². The Kier molecular flexibility index (Phi) is 3.98. The Hall–Kier alpha value is -0.600. The summed E-state index contributed by atoms with van der Waals surface area (Å²) < 4.78 is 13.1. The third-order valence-electron chi connectivity index (χ3n) is 3.85. The third-order valence-corrected chi connectivity index (χ3v) is 4.14. The van der Waals surface area contributed by atoms with Gasteiger partial charge in [-0.25, -0.2) is 4.39 Å². The molecule has 2 atom stereocenters. The van der Waals surface area contributed by atoms with Crippen LogP contribution < -0.4 is 5.73 Å². The summed E-state index contributed by atoms with van der Waals surface area (Å²) in [5, 5.41) is 0.188. The van der Waals surface area contributed by atoms with Crippen molar-refractivity contribution in [2.45, 2.75) is 45.1 Å². The van der Waals surface area contributed by atoms with Crippen molar-refractivity contribution in [3.05, 3.63) is 34.6 Å². The Morgan fingerprint density at radius 1 is 1.33 bits per heavy atom. The molecule has 100 valence electrons. The number of hydrogen-bond acceptors (Lipinski definition) is 1. The normalized spacial score (nSPS) is 32.5. The van der Waals surface area contributed by atoms with Gasteiger partial charge in [-0.2, -0.15) is 0 Å². The van der Waals surface area contributed by atoms with Gasteiger partial charge >= 0.3 is 0 Å². The fourth-order valence-electron chi connectivity index (χ4n) is 3.53. The van der Waals surface area contributed by atoms with E-state index in [0.29, 0.717) is 11.8 Å². The molecule has 1 aliphatic rings. The zero-order chi connectivity index (χ0) is 13.3. The first-order chi connectivity index (χ1) is 8.38. The molecule has 0 heterocycles. The molecule has 0 radical (unpaired) electrons. The van der Waals surface area contributed by atoms with E-state index in [0.717, 1.165) is 24.8 Å². The molecule has 2 N–H and O–H groups in total. The van der Waals surface area contributed by atoms with Gasteiger partial charge in [-0.1, -0.05) is 31.5 Å². The van der Waals surface area contributed by atoms with Crippen molar-refractivity contribution in [1.82, 2.24) is 0 Å². The molecule has 0 saturated heterocycles. The monoisotopic (exact) mass is 269 g/mol. The lowest BCUT2D eigenvalue weighted by atomic mass is 9.70. The highest BCUT2D eigenvalue weighted by atomic mass is 35.5. The minimum absolute atomic E-state index is 0.168. The maximum absolute atomic E-state index is 13.1. The first kappa shape index (κ1) is 13.8. The number of rotatable bonds is 2. The molecule has 1 nitrogen and oxygen atoms in total. The maximum atomic E-state index is 13.1. The van der Waals surface area contributed by atoms with E-state index in [1.165, 1.54) is 12.5 Å². The van der Waals surface area contributed by atoms with Gasteiger partial charge in [-0.3, -0.25) is 0 Å². The highest BCUT2D eigenvalue weighted by Gasteiger charge is 2.34. The van der Waals surface area contributed by atoms with Crippen molar-refractivity contribution in [3.63, 3.8) is 0 Å². The molecule has 1 saturated carbocycles. The molecule has 1 aromatic carbocycles. The molecular formula is C15H21ClFN. The van der Waals surface area contributed by atoms with E-state index < -0.39 is 0 Å². The maximum Gasteiger partial charge on any atom is 0.141 e. The van der Waals surface area contributed by atoms with E-state index in [-0.39, 0.29) is 16.4 Å². The van der Waals surface area contributed by atoms with Gasteiger partial charge in [0, 0.05) is 5.54 Å². The quantitative estimate of drug-likeness (QED) is 0.857. The van der Waals surface area contributed by atoms with Gasteiger partial charge in [-0.05, 0) is 55.2 Å². The molecule has 2 rings (SSSR count). The molecule has 1 fully saturated rings. The summed E-state index contributed by atoms with van der Waals surface area (Å²) in [5.74, 6) is 0.959. The largest absolute Gasteiger partial charge is 0.325 e. The zero-order valence-electron chi connectivity index (χ0n) is 11.0. The third kappa shape index (κ3) is 3.24. The van der Waals surface area contributed by atoms with Crippen LogP contribution in [0.1, 0.15) is 38.7 Å². The summed E-state index contributed by atoms with van der Waals surface area (Å²) in [6.07, 6.45) is 4.10. The summed E-state index contributed by atoms with van der Waals surface area (Å²) in [7, 11) is 0. The fourth-order valence-corrected chi connectivity index (χ4v) is 3.73. The van der Waals surface area contributed by atoms with E-state index >= 15 is 0 Å². The van der Waals surface area contributed by atoms with Crippen LogP contribution in [0.25, 0.3) is 0 Å². The second-order valence-electron chi connectivity index (χ2n) is 6.14. The van der Waals surface area contributed by atoms with E-state index in [4.69, 9.17) is 17.3 Å². The molecule has 1 aromatic rings. The summed E-state index contributed by atoms with van der Waals surface area (Å²) in [5.41, 5.74) is 7.39. The smallest absolute Gasteiger partial charge is 0.141 e. The number of nitrogens with two attached hydrogens (primary N) is 1.